The van der Waals surface area contributed by atoms with Crippen molar-refractivity contribution in [3.8, 4) is 0 Å². The summed E-state index contributed by atoms with van der Waals surface area (Å²) in [6.07, 6.45) is 2.66. The molecule has 1 aliphatic heterocycles. The summed E-state index contributed by atoms with van der Waals surface area (Å²) in [7, 11) is -3.68. The smallest absolute Gasteiger partial charge is 0.257 e. The Morgan fingerprint density at radius 1 is 1.11 bits per heavy atom. The highest BCUT2D eigenvalue weighted by Gasteiger charge is 2.27. The minimum Gasteiger partial charge on any atom is -0.322 e. The Bertz CT molecular complexity index is 973. The van der Waals surface area contributed by atoms with E-state index in [1.165, 1.54) is 40.7 Å². The minimum absolute atomic E-state index is 0.0368. The number of halogens is 2. The van der Waals surface area contributed by atoms with E-state index in [9.17, 15) is 17.6 Å². The molecule has 1 aliphatic rings. The van der Waals surface area contributed by atoms with Crippen LogP contribution in [0, 0.1) is 12.7 Å². The maximum atomic E-state index is 13.2. The first-order valence-electron chi connectivity index (χ1n) is 8.66. The van der Waals surface area contributed by atoms with Crippen LogP contribution in [0.15, 0.2) is 41.3 Å². The monoisotopic (exact) mass is 410 g/mol. The molecule has 1 N–H and O–H groups in total. The normalized spacial score (nSPS) is 15.5. The van der Waals surface area contributed by atoms with E-state index in [0.717, 1.165) is 19.3 Å². The second-order valence-corrected chi connectivity index (χ2v) is 8.86. The Kier molecular flexibility index (Phi) is 5.83. The Morgan fingerprint density at radius 3 is 2.48 bits per heavy atom. The lowest BCUT2D eigenvalue weighted by Gasteiger charge is -2.26. The third kappa shape index (κ3) is 4.31. The predicted octanol–water partition coefficient (Wildman–Crippen LogP) is 4.21. The average Bonchev–Trinajstić information content (AvgIpc) is 2.65. The van der Waals surface area contributed by atoms with Crippen LogP contribution >= 0.6 is 11.6 Å². The molecule has 1 saturated heterocycles. The van der Waals surface area contributed by atoms with Crippen molar-refractivity contribution in [1.29, 1.82) is 0 Å². The Morgan fingerprint density at radius 2 is 1.81 bits per heavy atom. The second kappa shape index (κ2) is 7.96. The number of carbonyl (C=O) groups excluding carboxylic acids is 1. The van der Waals surface area contributed by atoms with Gasteiger partial charge >= 0.3 is 0 Å². The van der Waals surface area contributed by atoms with Crippen molar-refractivity contribution >= 4 is 33.2 Å². The number of nitrogens with zero attached hydrogens (tertiary/aromatic N) is 1. The zero-order valence-electron chi connectivity index (χ0n) is 14.8. The van der Waals surface area contributed by atoms with Gasteiger partial charge in [-0.2, -0.15) is 4.31 Å². The fraction of sp³-hybridized carbons (Fsp3) is 0.316. The molecule has 0 aliphatic carbocycles. The van der Waals surface area contributed by atoms with E-state index in [1.54, 1.807) is 6.92 Å². The first-order chi connectivity index (χ1) is 12.8. The summed E-state index contributed by atoms with van der Waals surface area (Å²) in [5.41, 5.74) is 1.04. The molecule has 0 bridgehead atoms. The zero-order valence-corrected chi connectivity index (χ0v) is 16.4. The molecule has 0 saturated carbocycles. The summed E-state index contributed by atoms with van der Waals surface area (Å²) in [6.45, 7) is 2.61. The van der Waals surface area contributed by atoms with Gasteiger partial charge in [-0.05, 0) is 61.7 Å². The van der Waals surface area contributed by atoms with Crippen LogP contribution in [-0.4, -0.2) is 31.7 Å². The quantitative estimate of drug-likeness (QED) is 0.820. The largest absolute Gasteiger partial charge is 0.322 e. The molecule has 3 rings (SSSR count). The van der Waals surface area contributed by atoms with E-state index < -0.39 is 21.7 Å². The Balaban J connectivity index is 1.89. The van der Waals surface area contributed by atoms with Gasteiger partial charge in [0.2, 0.25) is 10.0 Å². The fourth-order valence-corrected chi connectivity index (χ4v) is 4.80. The molecule has 0 aromatic heterocycles. The number of anilines is 1. The van der Waals surface area contributed by atoms with Gasteiger partial charge in [-0.15, -0.1) is 0 Å². The number of benzene rings is 2. The third-order valence-corrected chi connectivity index (χ3v) is 6.80. The molecule has 0 unspecified atom stereocenters. The number of sulfonamides is 1. The van der Waals surface area contributed by atoms with Crippen molar-refractivity contribution in [1.82, 2.24) is 4.31 Å². The van der Waals surface area contributed by atoms with Gasteiger partial charge in [0.15, 0.2) is 0 Å². The summed E-state index contributed by atoms with van der Waals surface area (Å²) in [5.74, 6) is -0.955. The van der Waals surface area contributed by atoms with E-state index in [2.05, 4.69) is 5.32 Å². The zero-order chi connectivity index (χ0) is 19.6. The van der Waals surface area contributed by atoms with Gasteiger partial charge in [-0.1, -0.05) is 18.0 Å². The van der Waals surface area contributed by atoms with E-state index in [0.29, 0.717) is 24.3 Å². The van der Waals surface area contributed by atoms with Crippen molar-refractivity contribution in [2.75, 3.05) is 18.4 Å². The number of nitrogens with one attached hydrogen (secondary N) is 1. The van der Waals surface area contributed by atoms with E-state index in [4.69, 9.17) is 11.6 Å². The number of carbonyl (C=O) groups is 1. The molecular weight excluding hydrogens is 391 g/mol. The molecule has 27 heavy (non-hydrogen) atoms. The maximum Gasteiger partial charge on any atom is 0.257 e. The van der Waals surface area contributed by atoms with Crippen molar-refractivity contribution < 1.29 is 17.6 Å². The number of hydrogen-bond donors (Lipinski definition) is 1. The van der Waals surface area contributed by atoms with E-state index in [1.807, 2.05) is 0 Å². The maximum absolute atomic E-state index is 13.2. The molecule has 2 aromatic rings. The van der Waals surface area contributed by atoms with Gasteiger partial charge in [-0.25, -0.2) is 12.8 Å². The molecule has 0 spiro atoms. The molecule has 1 amide bonds. The number of aryl methyl sites for hydroxylation is 1. The first-order valence-corrected chi connectivity index (χ1v) is 10.5. The van der Waals surface area contributed by atoms with E-state index in [-0.39, 0.29) is 15.5 Å². The summed E-state index contributed by atoms with van der Waals surface area (Å²) >= 11 is 6.13. The lowest BCUT2D eigenvalue weighted by Crippen LogP contribution is -2.35. The van der Waals surface area contributed by atoms with Gasteiger partial charge in [-0.3, -0.25) is 4.79 Å². The van der Waals surface area contributed by atoms with Crippen LogP contribution in [-0.2, 0) is 10.0 Å². The fourth-order valence-electron chi connectivity index (χ4n) is 3.05. The SMILES string of the molecule is Cc1cc(F)ccc1NC(=O)c1cc(S(=O)(=O)N2CCCCC2)ccc1Cl. The van der Waals surface area contributed by atoms with Crippen LogP contribution in [0.2, 0.25) is 5.02 Å². The van der Waals surface area contributed by atoms with Crippen LogP contribution < -0.4 is 5.32 Å². The van der Waals surface area contributed by atoms with Crippen LogP contribution in [0.3, 0.4) is 0 Å². The van der Waals surface area contributed by atoms with Crippen molar-refractivity contribution in [2.45, 2.75) is 31.1 Å². The van der Waals surface area contributed by atoms with Crippen molar-refractivity contribution in [2.24, 2.45) is 0 Å². The molecule has 2 aromatic carbocycles. The Labute approximate surface area is 163 Å². The van der Waals surface area contributed by atoms with Crippen molar-refractivity contribution in [3.63, 3.8) is 0 Å². The summed E-state index contributed by atoms with van der Waals surface area (Å²) < 4.78 is 40.3. The number of rotatable bonds is 4. The highest BCUT2D eigenvalue weighted by Crippen LogP contribution is 2.26. The average molecular weight is 411 g/mol. The topological polar surface area (TPSA) is 66.5 Å². The highest BCUT2D eigenvalue weighted by atomic mass is 35.5. The first kappa shape index (κ1) is 19.8. The molecule has 0 radical (unpaired) electrons. The lowest BCUT2D eigenvalue weighted by atomic mass is 10.1. The van der Waals surface area contributed by atoms with Crippen LogP contribution in [0.1, 0.15) is 35.2 Å². The second-order valence-electron chi connectivity index (χ2n) is 6.52. The van der Waals surface area contributed by atoms with Gasteiger partial charge in [0.25, 0.3) is 5.91 Å². The summed E-state index contributed by atoms with van der Waals surface area (Å²) in [4.78, 5) is 12.7. The van der Waals surface area contributed by atoms with Gasteiger partial charge in [0.05, 0.1) is 15.5 Å². The van der Waals surface area contributed by atoms with Gasteiger partial charge in [0.1, 0.15) is 5.82 Å². The standard InChI is InChI=1S/C19H20ClFN2O3S/c1-13-11-14(21)5-8-18(13)22-19(24)16-12-15(6-7-17(16)20)27(25,26)23-9-3-2-4-10-23/h5-8,11-12H,2-4,9-10H2,1H3,(H,22,24). The minimum atomic E-state index is -3.68. The molecule has 5 nitrogen and oxygen atoms in total. The van der Waals surface area contributed by atoms with Crippen molar-refractivity contribution in [3.05, 3.63) is 58.4 Å². The van der Waals surface area contributed by atoms with Crippen LogP contribution in [0.25, 0.3) is 0 Å². The summed E-state index contributed by atoms with van der Waals surface area (Å²) in [5, 5.41) is 2.80. The number of amides is 1. The number of piperidine rings is 1. The van der Waals surface area contributed by atoms with Crippen LogP contribution in [0.4, 0.5) is 10.1 Å². The van der Waals surface area contributed by atoms with Gasteiger partial charge in [0, 0.05) is 18.8 Å². The predicted molar refractivity (Wildman–Crippen MR) is 103 cm³/mol. The lowest BCUT2D eigenvalue weighted by molar-refractivity contribution is 0.102. The molecule has 0 atom stereocenters. The van der Waals surface area contributed by atoms with Gasteiger partial charge < -0.3 is 5.32 Å². The molecule has 1 fully saturated rings. The van der Waals surface area contributed by atoms with Crippen LogP contribution in [0.5, 0.6) is 0 Å². The Hall–Kier alpha value is -1.96. The highest BCUT2D eigenvalue weighted by molar-refractivity contribution is 7.89. The third-order valence-electron chi connectivity index (χ3n) is 4.57. The molecular formula is C19H20ClFN2O3S. The molecule has 8 heteroatoms. The van der Waals surface area contributed by atoms with E-state index >= 15 is 0 Å². The molecule has 144 valence electrons. The molecule has 1 heterocycles. The summed E-state index contributed by atoms with van der Waals surface area (Å²) in [6, 6.07) is 8.10. The number of hydrogen-bond acceptors (Lipinski definition) is 3.